The second-order valence-electron chi connectivity index (χ2n) is 5.17. The summed E-state index contributed by atoms with van der Waals surface area (Å²) in [5, 5.41) is 5.68. The Kier molecular flexibility index (Phi) is 5.28. The Bertz CT molecular complexity index is 526. The van der Waals surface area contributed by atoms with Gasteiger partial charge in [0.1, 0.15) is 5.75 Å². The molecule has 0 radical (unpaired) electrons. The van der Waals surface area contributed by atoms with Gasteiger partial charge in [-0.15, -0.1) is 0 Å². The van der Waals surface area contributed by atoms with Crippen molar-refractivity contribution < 1.29 is 22.7 Å². The smallest absolute Gasteiger partial charge is 0.416 e. The van der Waals surface area contributed by atoms with E-state index in [1.54, 1.807) is 6.92 Å². The minimum Gasteiger partial charge on any atom is -0.492 e. The van der Waals surface area contributed by atoms with Crippen molar-refractivity contribution in [2.45, 2.75) is 25.9 Å². The molecule has 122 valence electrons. The SMILES string of the molecule is CCOc1ccc(C(F)(F)F)cc1NC(=O)C1CCCNC1. The van der Waals surface area contributed by atoms with Gasteiger partial charge in [-0.2, -0.15) is 13.2 Å². The largest absolute Gasteiger partial charge is 0.492 e. The van der Waals surface area contributed by atoms with Crippen molar-refractivity contribution in [2.24, 2.45) is 5.92 Å². The van der Waals surface area contributed by atoms with E-state index in [2.05, 4.69) is 10.6 Å². The molecule has 1 aliphatic rings. The zero-order valence-electron chi connectivity index (χ0n) is 12.3. The number of benzene rings is 1. The molecule has 1 fully saturated rings. The molecule has 1 heterocycles. The first-order valence-electron chi connectivity index (χ1n) is 7.27. The van der Waals surface area contributed by atoms with Crippen LogP contribution in [0.2, 0.25) is 0 Å². The lowest BCUT2D eigenvalue weighted by Crippen LogP contribution is -2.37. The van der Waals surface area contributed by atoms with Crippen LogP contribution in [-0.4, -0.2) is 25.6 Å². The summed E-state index contributed by atoms with van der Waals surface area (Å²) < 4.78 is 43.7. The average Bonchev–Trinajstić information content (AvgIpc) is 2.49. The zero-order chi connectivity index (χ0) is 16.2. The van der Waals surface area contributed by atoms with E-state index in [1.807, 2.05) is 0 Å². The Morgan fingerprint density at radius 3 is 2.82 bits per heavy atom. The molecule has 2 rings (SSSR count). The molecule has 0 bridgehead atoms. The fourth-order valence-corrected chi connectivity index (χ4v) is 2.40. The van der Waals surface area contributed by atoms with Crippen molar-refractivity contribution in [1.82, 2.24) is 5.32 Å². The Hall–Kier alpha value is -1.76. The highest BCUT2D eigenvalue weighted by Crippen LogP contribution is 2.35. The number of rotatable bonds is 4. The number of hydrogen-bond acceptors (Lipinski definition) is 3. The van der Waals surface area contributed by atoms with Gasteiger partial charge >= 0.3 is 6.18 Å². The van der Waals surface area contributed by atoms with Crippen molar-refractivity contribution >= 4 is 11.6 Å². The monoisotopic (exact) mass is 316 g/mol. The fraction of sp³-hybridized carbons (Fsp3) is 0.533. The Balaban J connectivity index is 2.20. The number of alkyl halides is 3. The van der Waals surface area contributed by atoms with Crippen molar-refractivity contribution in [1.29, 1.82) is 0 Å². The maximum Gasteiger partial charge on any atom is 0.416 e. The lowest BCUT2D eigenvalue weighted by Gasteiger charge is -2.23. The third-order valence-electron chi connectivity index (χ3n) is 3.53. The second kappa shape index (κ2) is 7.00. The molecular formula is C15H19F3N2O2. The average molecular weight is 316 g/mol. The third-order valence-corrected chi connectivity index (χ3v) is 3.53. The van der Waals surface area contributed by atoms with Crippen molar-refractivity contribution in [2.75, 3.05) is 25.0 Å². The number of hydrogen-bond donors (Lipinski definition) is 2. The number of anilines is 1. The highest BCUT2D eigenvalue weighted by Gasteiger charge is 2.32. The highest BCUT2D eigenvalue weighted by atomic mass is 19.4. The Labute approximate surface area is 127 Å². The molecule has 1 aliphatic heterocycles. The fourth-order valence-electron chi connectivity index (χ4n) is 2.40. The van der Waals surface area contributed by atoms with E-state index < -0.39 is 11.7 Å². The van der Waals surface area contributed by atoms with E-state index in [4.69, 9.17) is 4.74 Å². The number of piperidine rings is 1. The first-order valence-corrected chi connectivity index (χ1v) is 7.27. The van der Waals surface area contributed by atoms with Crippen molar-refractivity contribution in [3.63, 3.8) is 0 Å². The number of amides is 1. The van der Waals surface area contributed by atoms with E-state index in [9.17, 15) is 18.0 Å². The number of carbonyl (C=O) groups excluding carboxylic acids is 1. The van der Waals surface area contributed by atoms with Crippen LogP contribution in [0.5, 0.6) is 5.75 Å². The second-order valence-corrected chi connectivity index (χ2v) is 5.17. The van der Waals surface area contributed by atoms with E-state index in [1.165, 1.54) is 6.07 Å². The molecule has 0 aromatic heterocycles. The van der Waals surface area contributed by atoms with Crippen LogP contribution in [0, 0.1) is 5.92 Å². The van der Waals surface area contributed by atoms with Crippen LogP contribution in [0.25, 0.3) is 0 Å². The highest BCUT2D eigenvalue weighted by molar-refractivity contribution is 5.94. The van der Waals surface area contributed by atoms with Crippen LogP contribution in [0.1, 0.15) is 25.3 Å². The van der Waals surface area contributed by atoms with Gasteiger partial charge in [0.25, 0.3) is 0 Å². The van der Waals surface area contributed by atoms with E-state index in [-0.39, 0.29) is 23.3 Å². The first kappa shape index (κ1) is 16.6. The molecule has 22 heavy (non-hydrogen) atoms. The number of carbonyl (C=O) groups is 1. The summed E-state index contributed by atoms with van der Waals surface area (Å²) in [6.45, 7) is 3.43. The summed E-state index contributed by atoms with van der Waals surface area (Å²) >= 11 is 0. The van der Waals surface area contributed by atoms with Crippen LogP contribution < -0.4 is 15.4 Å². The summed E-state index contributed by atoms with van der Waals surface area (Å²) in [5.74, 6) is -0.280. The quantitative estimate of drug-likeness (QED) is 0.898. The molecule has 2 N–H and O–H groups in total. The van der Waals surface area contributed by atoms with Gasteiger partial charge in [0.15, 0.2) is 0 Å². The maximum absolute atomic E-state index is 12.8. The molecule has 4 nitrogen and oxygen atoms in total. The molecular weight excluding hydrogens is 297 g/mol. The first-order chi connectivity index (χ1) is 10.4. The normalized spacial score (nSPS) is 18.8. The standard InChI is InChI=1S/C15H19F3N2O2/c1-2-22-13-6-5-11(15(16,17)18)8-12(13)20-14(21)10-4-3-7-19-9-10/h5-6,8,10,19H,2-4,7,9H2,1H3,(H,20,21). The predicted octanol–water partition coefficient (Wildman–Crippen LogP) is 3.04. The van der Waals surface area contributed by atoms with Gasteiger partial charge in [-0.1, -0.05) is 0 Å². The molecule has 1 unspecified atom stereocenters. The van der Waals surface area contributed by atoms with Gasteiger partial charge in [-0.05, 0) is 44.5 Å². The molecule has 1 saturated heterocycles. The van der Waals surface area contributed by atoms with Gasteiger partial charge in [0.05, 0.1) is 23.8 Å². The Morgan fingerprint density at radius 1 is 1.45 bits per heavy atom. The topological polar surface area (TPSA) is 50.4 Å². The van der Waals surface area contributed by atoms with Gasteiger partial charge in [-0.3, -0.25) is 4.79 Å². The number of ether oxygens (including phenoxy) is 1. The lowest BCUT2D eigenvalue weighted by atomic mass is 9.98. The van der Waals surface area contributed by atoms with Gasteiger partial charge < -0.3 is 15.4 Å². The molecule has 1 aromatic rings. The zero-order valence-corrected chi connectivity index (χ0v) is 12.3. The number of nitrogens with one attached hydrogen (secondary N) is 2. The van der Waals surface area contributed by atoms with E-state index >= 15 is 0 Å². The van der Waals surface area contributed by atoms with Gasteiger partial charge in [-0.25, -0.2) is 0 Å². The summed E-state index contributed by atoms with van der Waals surface area (Å²) in [4.78, 5) is 12.2. The molecule has 0 spiro atoms. The maximum atomic E-state index is 12.8. The molecule has 7 heteroatoms. The molecule has 0 aliphatic carbocycles. The summed E-state index contributed by atoms with van der Waals surface area (Å²) in [5.41, 5.74) is -0.750. The van der Waals surface area contributed by atoms with Crippen LogP contribution >= 0.6 is 0 Å². The van der Waals surface area contributed by atoms with Crippen molar-refractivity contribution in [3.8, 4) is 5.75 Å². The van der Waals surface area contributed by atoms with Crippen molar-refractivity contribution in [3.05, 3.63) is 23.8 Å². The van der Waals surface area contributed by atoms with Crippen LogP contribution in [0.3, 0.4) is 0 Å². The molecule has 0 saturated carbocycles. The van der Waals surface area contributed by atoms with Crippen LogP contribution in [-0.2, 0) is 11.0 Å². The molecule has 1 aromatic carbocycles. The summed E-state index contributed by atoms with van der Waals surface area (Å²) in [7, 11) is 0. The summed E-state index contributed by atoms with van der Waals surface area (Å²) in [6.07, 6.45) is -2.86. The minimum absolute atomic E-state index is 0.0623. The molecule has 1 amide bonds. The third kappa shape index (κ3) is 4.13. The van der Waals surface area contributed by atoms with Crippen LogP contribution in [0.4, 0.5) is 18.9 Å². The lowest BCUT2D eigenvalue weighted by molar-refractivity contribution is -0.137. The van der Waals surface area contributed by atoms with Gasteiger partial charge in [0.2, 0.25) is 5.91 Å². The van der Waals surface area contributed by atoms with Gasteiger partial charge in [0, 0.05) is 6.54 Å². The summed E-state index contributed by atoms with van der Waals surface area (Å²) in [6, 6.07) is 3.10. The van der Waals surface area contributed by atoms with Crippen LogP contribution in [0.15, 0.2) is 18.2 Å². The van der Waals surface area contributed by atoms with E-state index in [0.717, 1.165) is 31.5 Å². The number of halogens is 3. The Morgan fingerprint density at radius 2 is 2.23 bits per heavy atom. The predicted molar refractivity (Wildman–Crippen MR) is 76.8 cm³/mol. The molecule has 1 atom stereocenters. The van der Waals surface area contributed by atoms with E-state index in [0.29, 0.717) is 13.2 Å². The minimum atomic E-state index is -4.46.